The Morgan fingerprint density at radius 1 is 1.04 bits per heavy atom. The molecule has 6 nitrogen and oxygen atoms in total. The topological polar surface area (TPSA) is 80.0 Å². The molecule has 0 unspecified atom stereocenters. The summed E-state index contributed by atoms with van der Waals surface area (Å²) in [7, 11) is 0. The fourth-order valence-corrected chi connectivity index (χ4v) is 3.82. The van der Waals surface area contributed by atoms with Crippen LogP contribution in [0.1, 0.15) is 30.4 Å². The summed E-state index contributed by atoms with van der Waals surface area (Å²) < 4.78 is 6.00. The average molecular weight is 364 g/mol. The largest absolute Gasteiger partial charge is 0.492 e. The van der Waals surface area contributed by atoms with Crippen LogP contribution in [0.25, 0.3) is 11.1 Å². The van der Waals surface area contributed by atoms with Crippen molar-refractivity contribution < 1.29 is 9.53 Å². The highest BCUT2D eigenvalue weighted by molar-refractivity contribution is 6.24. The monoisotopic (exact) mass is 364 g/mol. The van der Waals surface area contributed by atoms with Crippen LogP contribution in [0.3, 0.4) is 0 Å². The zero-order valence-electron chi connectivity index (χ0n) is 15.3. The highest BCUT2D eigenvalue weighted by atomic mass is 16.5. The second-order valence-corrected chi connectivity index (χ2v) is 6.94. The molecule has 2 aliphatic rings. The second-order valence-electron chi connectivity index (χ2n) is 6.94. The molecule has 1 saturated heterocycles. The first-order valence-electron chi connectivity index (χ1n) is 9.45. The number of nitrogens with one attached hydrogen (secondary N) is 1. The van der Waals surface area contributed by atoms with Gasteiger partial charge < -0.3 is 10.5 Å². The van der Waals surface area contributed by atoms with E-state index >= 15 is 0 Å². The second kappa shape index (κ2) is 7.80. The Bertz CT molecular complexity index is 872. The number of benzene rings is 2. The minimum atomic E-state index is -0.678. The van der Waals surface area contributed by atoms with Crippen molar-refractivity contribution in [2.24, 2.45) is 10.8 Å². The van der Waals surface area contributed by atoms with E-state index in [1.165, 1.54) is 32.4 Å². The lowest BCUT2D eigenvalue weighted by molar-refractivity contribution is 0.183. The molecule has 3 N–H and O–H groups in total. The number of ether oxygens (including phenoxy) is 1. The predicted octanol–water partition coefficient (Wildman–Crippen LogP) is 2.95. The Morgan fingerprint density at radius 3 is 2.56 bits per heavy atom. The zero-order chi connectivity index (χ0) is 18.6. The number of likely N-dealkylation sites (tertiary alicyclic amines) is 1. The van der Waals surface area contributed by atoms with Crippen molar-refractivity contribution in [1.82, 2.24) is 10.3 Å². The van der Waals surface area contributed by atoms with Gasteiger partial charge in [0.25, 0.3) is 0 Å². The van der Waals surface area contributed by atoms with E-state index in [1.807, 2.05) is 30.3 Å². The zero-order valence-corrected chi connectivity index (χ0v) is 15.3. The van der Waals surface area contributed by atoms with E-state index < -0.39 is 6.03 Å². The number of amides is 2. The van der Waals surface area contributed by atoms with E-state index in [-0.39, 0.29) is 0 Å². The molecular formula is C21H24N4O2. The molecule has 0 spiro atoms. The number of nitrogens with two attached hydrogens (primary N) is 1. The van der Waals surface area contributed by atoms with Crippen molar-refractivity contribution >= 4 is 11.7 Å². The van der Waals surface area contributed by atoms with E-state index in [4.69, 9.17) is 10.5 Å². The third kappa shape index (κ3) is 3.80. The molecule has 4 rings (SSSR count). The van der Waals surface area contributed by atoms with Crippen molar-refractivity contribution in [3.8, 4) is 16.9 Å². The maximum atomic E-state index is 11.1. The lowest BCUT2D eigenvalue weighted by atomic mass is 10.1. The maximum absolute atomic E-state index is 11.1. The summed E-state index contributed by atoms with van der Waals surface area (Å²) in [5, 5.41) is 4.23. The van der Waals surface area contributed by atoms with Crippen molar-refractivity contribution in [3.05, 3.63) is 53.6 Å². The molecule has 0 atom stereocenters. The van der Waals surface area contributed by atoms with Gasteiger partial charge in [0.1, 0.15) is 12.4 Å². The van der Waals surface area contributed by atoms with Crippen LogP contribution in [0.5, 0.6) is 5.75 Å². The number of nitrogens with zero attached hydrogens (tertiary/aromatic N) is 2. The van der Waals surface area contributed by atoms with Crippen LogP contribution in [0.2, 0.25) is 0 Å². The van der Waals surface area contributed by atoms with Crippen LogP contribution < -0.4 is 15.9 Å². The number of urea groups is 1. The van der Waals surface area contributed by atoms with Crippen LogP contribution in [-0.2, 0) is 0 Å². The Labute approximate surface area is 159 Å². The fourth-order valence-electron chi connectivity index (χ4n) is 3.82. The number of carbonyl (C=O) groups excluding carboxylic acids is 1. The predicted molar refractivity (Wildman–Crippen MR) is 106 cm³/mol. The molecule has 0 aromatic heterocycles. The first-order chi connectivity index (χ1) is 13.2. The smallest absolute Gasteiger partial charge is 0.332 e. The number of piperidine rings is 1. The van der Waals surface area contributed by atoms with Crippen molar-refractivity contribution in [1.29, 1.82) is 0 Å². The van der Waals surface area contributed by atoms with Gasteiger partial charge in [-0.15, -0.1) is 0 Å². The standard InChI is InChI=1S/C21H24N4O2/c22-21(26)24-23-20-18-7-3-2-6-16(18)17-9-8-15(14-19(17)20)27-13-12-25-10-4-1-5-11-25/h2-3,6-9,14H,1,4-5,10-13H2,(H3,22,24,26)/b23-20+. The Morgan fingerprint density at radius 2 is 1.78 bits per heavy atom. The van der Waals surface area contributed by atoms with Crippen LogP contribution in [-0.4, -0.2) is 42.9 Å². The Balaban J connectivity index is 1.53. The highest BCUT2D eigenvalue weighted by Gasteiger charge is 2.25. The first kappa shape index (κ1) is 17.5. The minimum absolute atomic E-state index is 0.664. The molecule has 1 fully saturated rings. The molecule has 0 saturated carbocycles. The van der Waals surface area contributed by atoms with Gasteiger partial charge in [0, 0.05) is 17.7 Å². The lowest BCUT2D eigenvalue weighted by Crippen LogP contribution is -2.33. The number of hydrogen-bond acceptors (Lipinski definition) is 4. The summed E-state index contributed by atoms with van der Waals surface area (Å²) in [4.78, 5) is 13.6. The normalized spacial score (nSPS) is 17.4. The fraction of sp³-hybridized carbons (Fsp3) is 0.333. The molecule has 1 aliphatic carbocycles. The van der Waals surface area contributed by atoms with Gasteiger partial charge in [0.05, 0.1) is 5.71 Å². The average Bonchev–Trinajstić information content (AvgIpc) is 3.00. The van der Waals surface area contributed by atoms with E-state index in [0.717, 1.165) is 34.5 Å². The third-order valence-electron chi connectivity index (χ3n) is 5.12. The van der Waals surface area contributed by atoms with Crippen LogP contribution >= 0.6 is 0 Å². The van der Waals surface area contributed by atoms with Gasteiger partial charge in [-0.1, -0.05) is 30.7 Å². The molecule has 140 valence electrons. The Kier molecular flexibility index (Phi) is 5.07. The van der Waals surface area contributed by atoms with Crippen LogP contribution in [0, 0.1) is 0 Å². The summed E-state index contributed by atoms with van der Waals surface area (Å²) in [6.45, 7) is 3.94. The van der Waals surface area contributed by atoms with E-state index in [0.29, 0.717) is 12.3 Å². The SMILES string of the molecule is NC(=O)N/N=C1\c2ccccc2-c2ccc(OCCN3CCCCC3)cc21. The number of hydrazone groups is 1. The van der Waals surface area contributed by atoms with Crippen molar-refractivity contribution in [2.45, 2.75) is 19.3 Å². The van der Waals surface area contributed by atoms with Gasteiger partial charge in [0.15, 0.2) is 0 Å². The number of hydrogen-bond donors (Lipinski definition) is 2. The summed E-state index contributed by atoms with van der Waals surface area (Å²) >= 11 is 0. The van der Waals surface area contributed by atoms with Crippen molar-refractivity contribution in [2.75, 3.05) is 26.2 Å². The molecule has 1 heterocycles. The number of fused-ring (bicyclic) bond motifs is 3. The highest BCUT2D eigenvalue weighted by Crippen LogP contribution is 2.38. The van der Waals surface area contributed by atoms with Gasteiger partial charge in [-0.3, -0.25) is 4.90 Å². The number of primary amides is 1. The molecule has 2 aromatic carbocycles. The van der Waals surface area contributed by atoms with Crippen molar-refractivity contribution in [3.63, 3.8) is 0 Å². The molecule has 1 aliphatic heterocycles. The summed E-state index contributed by atoms with van der Waals surface area (Å²) in [5.74, 6) is 0.811. The molecule has 2 aromatic rings. The van der Waals surface area contributed by atoms with Gasteiger partial charge in [-0.25, -0.2) is 10.2 Å². The summed E-state index contributed by atoms with van der Waals surface area (Å²) in [6.07, 6.45) is 3.90. The van der Waals surface area contributed by atoms with E-state index in [2.05, 4.69) is 27.6 Å². The molecule has 0 radical (unpaired) electrons. The summed E-state index contributed by atoms with van der Waals surface area (Å²) in [6, 6.07) is 13.4. The van der Waals surface area contributed by atoms with Crippen LogP contribution in [0.15, 0.2) is 47.6 Å². The lowest BCUT2D eigenvalue weighted by Gasteiger charge is -2.26. The van der Waals surface area contributed by atoms with Gasteiger partial charge in [-0.05, 0) is 55.3 Å². The quantitative estimate of drug-likeness (QED) is 0.683. The third-order valence-corrected chi connectivity index (χ3v) is 5.12. The summed E-state index contributed by atoms with van der Waals surface area (Å²) in [5.41, 5.74) is 12.4. The number of carbonyl (C=O) groups is 1. The first-order valence-corrected chi connectivity index (χ1v) is 9.45. The maximum Gasteiger partial charge on any atom is 0.332 e. The molecule has 6 heteroatoms. The van der Waals surface area contributed by atoms with E-state index in [9.17, 15) is 4.79 Å². The van der Waals surface area contributed by atoms with Gasteiger partial charge >= 0.3 is 6.03 Å². The molecule has 0 bridgehead atoms. The van der Waals surface area contributed by atoms with Crippen LogP contribution in [0.4, 0.5) is 4.79 Å². The van der Waals surface area contributed by atoms with Gasteiger partial charge in [-0.2, -0.15) is 5.10 Å². The van der Waals surface area contributed by atoms with E-state index in [1.54, 1.807) is 0 Å². The molecular weight excluding hydrogens is 340 g/mol. The number of rotatable bonds is 5. The molecule has 27 heavy (non-hydrogen) atoms. The molecule has 2 amide bonds. The minimum Gasteiger partial charge on any atom is -0.492 e. The van der Waals surface area contributed by atoms with Gasteiger partial charge in [0.2, 0.25) is 0 Å². The Hall–Kier alpha value is -2.86.